The van der Waals surface area contributed by atoms with Gasteiger partial charge in [0.25, 0.3) is 5.91 Å². The number of anilines is 1. The van der Waals surface area contributed by atoms with Gasteiger partial charge in [-0.05, 0) is 12.1 Å². The number of amides is 1. The van der Waals surface area contributed by atoms with Crippen LogP contribution in [0, 0.1) is 0 Å². The Morgan fingerprint density at radius 2 is 1.79 bits per heavy atom. The quantitative estimate of drug-likeness (QED) is 0.779. The van der Waals surface area contributed by atoms with Gasteiger partial charge >= 0.3 is 6.18 Å². The Morgan fingerprint density at radius 1 is 1.04 bits per heavy atom. The van der Waals surface area contributed by atoms with Crippen LogP contribution in [0.1, 0.15) is 16.1 Å². The van der Waals surface area contributed by atoms with Crippen LogP contribution in [0.5, 0.6) is 0 Å². The molecular weight excluding hydrogens is 341 g/mol. The maximum atomic E-state index is 12.5. The van der Waals surface area contributed by atoms with E-state index in [4.69, 9.17) is 0 Å². The Balaban J connectivity index is 1.72. The molecule has 1 aromatic carbocycles. The van der Waals surface area contributed by atoms with Gasteiger partial charge in [-0.25, -0.2) is 0 Å². The summed E-state index contributed by atoms with van der Waals surface area (Å²) in [6.07, 6.45) is -3.67. The van der Waals surface area contributed by atoms with Crippen molar-refractivity contribution in [2.45, 2.75) is 6.18 Å². The number of halogens is 3. The molecule has 24 heavy (non-hydrogen) atoms. The van der Waals surface area contributed by atoms with Crippen molar-refractivity contribution < 1.29 is 18.0 Å². The molecule has 1 amide bonds. The summed E-state index contributed by atoms with van der Waals surface area (Å²) in [7, 11) is 0. The number of hydrogen-bond acceptors (Lipinski definition) is 5. The first-order valence-electron chi connectivity index (χ1n) is 6.67. The van der Waals surface area contributed by atoms with E-state index in [1.165, 1.54) is 0 Å². The van der Waals surface area contributed by atoms with Crippen molar-refractivity contribution in [1.29, 1.82) is 0 Å². The van der Waals surface area contributed by atoms with Gasteiger partial charge in [0.2, 0.25) is 5.13 Å². The lowest BCUT2D eigenvalue weighted by Crippen LogP contribution is -2.14. The first kappa shape index (κ1) is 16.1. The van der Waals surface area contributed by atoms with Crippen molar-refractivity contribution in [1.82, 2.24) is 15.2 Å². The van der Waals surface area contributed by atoms with Crippen molar-refractivity contribution in [2.75, 3.05) is 5.32 Å². The van der Waals surface area contributed by atoms with E-state index in [0.29, 0.717) is 5.01 Å². The summed E-state index contributed by atoms with van der Waals surface area (Å²) in [6.45, 7) is 0. The summed E-state index contributed by atoms with van der Waals surface area (Å²) < 4.78 is 37.4. The molecular formula is C15H9F3N4OS. The lowest BCUT2D eigenvalue weighted by Gasteiger charge is -2.06. The van der Waals surface area contributed by atoms with Crippen molar-refractivity contribution in [2.24, 2.45) is 0 Å². The predicted octanol–water partition coefficient (Wildman–Crippen LogP) is 3.87. The number of hydrogen-bond donors (Lipinski definition) is 1. The summed E-state index contributed by atoms with van der Waals surface area (Å²) in [5.74, 6) is -0.605. The molecule has 5 nitrogen and oxygen atoms in total. The topological polar surface area (TPSA) is 67.8 Å². The highest BCUT2D eigenvalue weighted by Crippen LogP contribution is 2.28. The van der Waals surface area contributed by atoms with Gasteiger partial charge in [-0.3, -0.25) is 15.1 Å². The number of rotatable bonds is 3. The number of alkyl halides is 3. The SMILES string of the molecule is O=C(Nc1nnc(-c2ccccc2)s1)c1ccc(C(F)(F)F)nc1. The van der Waals surface area contributed by atoms with Gasteiger partial charge < -0.3 is 0 Å². The molecule has 0 saturated carbocycles. The van der Waals surface area contributed by atoms with Gasteiger partial charge in [-0.2, -0.15) is 13.2 Å². The summed E-state index contributed by atoms with van der Waals surface area (Å²) in [5.41, 5.74) is -0.201. The normalized spacial score (nSPS) is 11.3. The maximum absolute atomic E-state index is 12.5. The van der Waals surface area contributed by atoms with Gasteiger partial charge in [0.05, 0.1) is 5.56 Å². The third kappa shape index (κ3) is 3.57. The fourth-order valence-corrected chi connectivity index (χ4v) is 2.58. The summed E-state index contributed by atoms with van der Waals surface area (Å²) >= 11 is 1.16. The number of benzene rings is 1. The van der Waals surface area contributed by atoms with E-state index in [0.717, 1.165) is 35.2 Å². The third-order valence-corrected chi connectivity index (χ3v) is 3.87. The molecule has 3 aromatic rings. The minimum Gasteiger partial charge on any atom is -0.296 e. The predicted molar refractivity (Wildman–Crippen MR) is 82.5 cm³/mol. The maximum Gasteiger partial charge on any atom is 0.433 e. The first-order valence-corrected chi connectivity index (χ1v) is 7.48. The fourth-order valence-electron chi connectivity index (χ4n) is 1.84. The number of carbonyl (C=O) groups excluding carboxylic acids is 1. The van der Waals surface area contributed by atoms with Crippen LogP contribution in [0.2, 0.25) is 0 Å². The molecule has 0 saturated heterocycles. The molecule has 0 aliphatic carbocycles. The van der Waals surface area contributed by atoms with Crippen molar-refractivity contribution in [3.05, 3.63) is 59.9 Å². The molecule has 2 aromatic heterocycles. The number of aromatic nitrogens is 3. The Morgan fingerprint density at radius 3 is 2.42 bits per heavy atom. The van der Waals surface area contributed by atoms with E-state index >= 15 is 0 Å². The average Bonchev–Trinajstić information content (AvgIpc) is 3.03. The zero-order valence-electron chi connectivity index (χ0n) is 11.9. The van der Waals surface area contributed by atoms with Gasteiger partial charge in [0, 0.05) is 11.8 Å². The molecule has 1 N–H and O–H groups in total. The van der Waals surface area contributed by atoms with E-state index in [1.54, 1.807) is 0 Å². The third-order valence-electron chi connectivity index (χ3n) is 2.98. The van der Waals surface area contributed by atoms with Crippen LogP contribution in [0.25, 0.3) is 10.6 Å². The van der Waals surface area contributed by atoms with Crippen molar-refractivity contribution >= 4 is 22.4 Å². The van der Waals surface area contributed by atoms with Gasteiger partial charge in [0.1, 0.15) is 10.7 Å². The Kier molecular flexibility index (Phi) is 4.26. The molecule has 0 aliphatic rings. The number of nitrogens with one attached hydrogen (secondary N) is 1. The molecule has 0 bridgehead atoms. The van der Waals surface area contributed by atoms with Crippen LogP contribution in [0.4, 0.5) is 18.3 Å². The molecule has 2 heterocycles. The summed E-state index contributed by atoms with van der Waals surface area (Å²) in [6, 6.07) is 11.1. The van der Waals surface area contributed by atoms with E-state index in [9.17, 15) is 18.0 Å². The largest absolute Gasteiger partial charge is 0.433 e. The second-order valence-corrected chi connectivity index (χ2v) is 5.64. The smallest absolute Gasteiger partial charge is 0.296 e. The molecule has 0 unspecified atom stereocenters. The fraction of sp³-hybridized carbons (Fsp3) is 0.0667. The van der Waals surface area contributed by atoms with E-state index in [-0.39, 0.29) is 10.7 Å². The average molecular weight is 350 g/mol. The molecule has 0 spiro atoms. The van der Waals surface area contributed by atoms with Gasteiger partial charge in [-0.1, -0.05) is 41.7 Å². The van der Waals surface area contributed by atoms with Crippen LogP contribution < -0.4 is 5.32 Å². The Labute approximate surface area is 138 Å². The lowest BCUT2D eigenvalue weighted by atomic mass is 10.2. The van der Waals surface area contributed by atoms with E-state index in [1.807, 2.05) is 30.3 Å². The van der Waals surface area contributed by atoms with Crippen LogP contribution in [-0.4, -0.2) is 21.1 Å². The number of nitrogens with zero attached hydrogens (tertiary/aromatic N) is 3. The molecule has 0 atom stereocenters. The number of pyridine rings is 1. The van der Waals surface area contributed by atoms with E-state index < -0.39 is 17.8 Å². The van der Waals surface area contributed by atoms with Crippen LogP contribution >= 0.6 is 11.3 Å². The van der Waals surface area contributed by atoms with Crippen molar-refractivity contribution in [3.8, 4) is 10.6 Å². The molecule has 0 radical (unpaired) electrons. The minimum absolute atomic E-state index is 0.000499. The van der Waals surface area contributed by atoms with Crippen LogP contribution in [0.3, 0.4) is 0 Å². The van der Waals surface area contributed by atoms with Crippen LogP contribution in [0.15, 0.2) is 48.7 Å². The van der Waals surface area contributed by atoms with Gasteiger partial charge in [0.15, 0.2) is 0 Å². The Bertz CT molecular complexity index is 847. The molecule has 0 aliphatic heterocycles. The zero-order valence-corrected chi connectivity index (χ0v) is 12.7. The Hall–Kier alpha value is -2.81. The monoisotopic (exact) mass is 350 g/mol. The highest BCUT2D eigenvalue weighted by Gasteiger charge is 2.32. The number of carbonyl (C=O) groups is 1. The molecule has 3 rings (SSSR count). The highest BCUT2D eigenvalue weighted by atomic mass is 32.1. The second kappa shape index (κ2) is 6.36. The standard InChI is InChI=1S/C15H9F3N4OS/c16-15(17,18)11-7-6-10(8-19-11)12(23)20-14-22-21-13(24-14)9-4-2-1-3-5-9/h1-8H,(H,20,22,23). The lowest BCUT2D eigenvalue weighted by molar-refractivity contribution is -0.141. The highest BCUT2D eigenvalue weighted by molar-refractivity contribution is 7.18. The zero-order chi connectivity index (χ0) is 17.2. The minimum atomic E-state index is -4.54. The molecule has 0 fully saturated rings. The molecule has 9 heteroatoms. The van der Waals surface area contributed by atoms with Gasteiger partial charge in [-0.15, -0.1) is 10.2 Å². The summed E-state index contributed by atoms with van der Waals surface area (Å²) in [4.78, 5) is 15.3. The summed E-state index contributed by atoms with van der Waals surface area (Å²) in [5, 5.41) is 11.2. The first-order chi connectivity index (χ1) is 11.4. The second-order valence-electron chi connectivity index (χ2n) is 4.66. The van der Waals surface area contributed by atoms with Crippen LogP contribution in [-0.2, 0) is 6.18 Å². The molecule has 122 valence electrons. The van der Waals surface area contributed by atoms with E-state index in [2.05, 4.69) is 20.5 Å². The van der Waals surface area contributed by atoms with Crippen molar-refractivity contribution in [3.63, 3.8) is 0 Å².